The number of hydrogen-bond acceptors (Lipinski definition) is 4. The number of hydrogen-bond donors (Lipinski definition) is 2. The topological polar surface area (TPSA) is 70.0 Å². The van der Waals surface area contributed by atoms with E-state index in [4.69, 9.17) is 4.74 Å². The van der Waals surface area contributed by atoms with Crippen LogP contribution in [0.15, 0.2) is 18.2 Å². The summed E-state index contributed by atoms with van der Waals surface area (Å²) in [4.78, 5) is 13.2. The molecule has 1 amide bonds. The lowest BCUT2D eigenvalue weighted by atomic mass is 10.2. The molecule has 0 atom stereocenters. The molecular formula is C13H19NO4. The molecule has 0 saturated heterocycles. The van der Waals surface area contributed by atoms with Gasteiger partial charge in [0.15, 0.2) is 11.5 Å². The zero-order chi connectivity index (χ0) is 13.5. The molecule has 1 rings (SSSR count). The fourth-order valence-electron chi connectivity index (χ4n) is 1.48. The van der Waals surface area contributed by atoms with Gasteiger partial charge >= 0.3 is 6.09 Å². The molecule has 18 heavy (non-hydrogen) atoms. The standard InChI is InChI=1S/C13H19NO4/c1-3-5-8-18-13(17)14(4-2)10-6-7-11(15)12(16)9-10/h6-7,9,15-16H,3-5,8H2,1-2H3. The van der Waals surface area contributed by atoms with E-state index in [1.165, 1.54) is 17.0 Å². The third kappa shape index (κ3) is 3.55. The summed E-state index contributed by atoms with van der Waals surface area (Å²) in [6.45, 7) is 4.64. The molecular weight excluding hydrogens is 234 g/mol. The fraction of sp³-hybridized carbons (Fsp3) is 0.462. The fourth-order valence-corrected chi connectivity index (χ4v) is 1.48. The molecule has 100 valence electrons. The van der Waals surface area contributed by atoms with E-state index < -0.39 is 6.09 Å². The van der Waals surface area contributed by atoms with Crippen LogP contribution in [0.3, 0.4) is 0 Å². The lowest BCUT2D eigenvalue weighted by molar-refractivity contribution is 0.152. The molecule has 0 saturated carbocycles. The number of rotatable bonds is 5. The van der Waals surface area contributed by atoms with Crippen LogP contribution in [0.25, 0.3) is 0 Å². The number of carbonyl (C=O) groups is 1. The summed E-state index contributed by atoms with van der Waals surface area (Å²) in [5, 5.41) is 18.6. The normalized spacial score (nSPS) is 10.1. The van der Waals surface area contributed by atoms with Crippen molar-refractivity contribution in [3.05, 3.63) is 18.2 Å². The minimum Gasteiger partial charge on any atom is -0.504 e. The first kappa shape index (κ1) is 14.2. The quantitative estimate of drug-likeness (QED) is 0.625. The van der Waals surface area contributed by atoms with Gasteiger partial charge in [-0.2, -0.15) is 0 Å². The number of aromatic hydroxyl groups is 2. The van der Waals surface area contributed by atoms with Gasteiger partial charge in [0.2, 0.25) is 0 Å². The van der Waals surface area contributed by atoms with Crippen LogP contribution in [0, 0.1) is 0 Å². The van der Waals surface area contributed by atoms with Crippen LogP contribution >= 0.6 is 0 Å². The number of ether oxygens (including phenoxy) is 1. The predicted octanol–water partition coefficient (Wildman–Crippen LogP) is 2.86. The van der Waals surface area contributed by atoms with E-state index in [9.17, 15) is 15.0 Å². The van der Waals surface area contributed by atoms with E-state index in [1.807, 2.05) is 13.8 Å². The molecule has 0 aromatic heterocycles. The zero-order valence-electron chi connectivity index (χ0n) is 10.7. The molecule has 0 spiro atoms. The van der Waals surface area contributed by atoms with Crippen molar-refractivity contribution >= 4 is 11.8 Å². The van der Waals surface area contributed by atoms with Crippen LogP contribution in [0.5, 0.6) is 11.5 Å². The maximum Gasteiger partial charge on any atom is 0.414 e. The Hall–Kier alpha value is -1.91. The van der Waals surface area contributed by atoms with E-state index in [0.29, 0.717) is 18.8 Å². The van der Waals surface area contributed by atoms with Crippen molar-refractivity contribution in [2.75, 3.05) is 18.1 Å². The summed E-state index contributed by atoms with van der Waals surface area (Å²) in [5.41, 5.74) is 0.495. The highest BCUT2D eigenvalue weighted by atomic mass is 16.6. The van der Waals surface area contributed by atoms with Crippen molar-refractivity contribution < 1.29 is 19.7 Å². The number of amides is 1. The Labute approximate surface area is 107 Å². The predicted molar refractivity (Wildman–Crippen MR) is 69.0 cm³/mol. The number of benzene rings is 1. The average molecular weight is 253 g/mol. The second-order valence-electron chi connectivity index (χ2n) is 3.89. The second kappa shape index (κ2) is 6.74. The molecule has 1 aromatic rings. The smallest absolute Gasteiger partial charge is 0.414 e. The Morgan fingerprint density at radius 1 is 1.28 bits per heavy atom. The number of anilines is 1. The molecule has 0 aliphatic rings. The van der Waals surface area contributed by atoms with Gasteiger partial charge in [-0.25, -0.2) is 4.79 Å². The van der Waals surface area contributed by atoms with Crippen molar-refractivity contribution in [1.29, 1.82) is 0 Å². The van der Waals surface area contributed by atoms with Crippen molar-refractivity contribution in [2.45, 2.75) is 26.7 Å². The highest BCUT2D eigenvalue weighted by Gasteiger charge is 2.16. The molecule has 0 radical (unpaired) electrons. The lowest BCUT2D eigenvalue weighted by Gasteiger charge is -2.20. The van der Waals surface area contributed by atoms with Crippen LogP contribution in [0.2, 0.25) is 0 Å². The van der Waals surface area contributed by atoms with E-state index in [-0.39, 0.29) is 11.5 Å². The minimum atomic E-state index is -0.448. The van der Waals surface area contributed by atoms with E-state index >= 15 is 0 Å². The monoisotopic (exact) mass is 253 g/mol. The van der Waals surface area contributed by atoms with Gasteiger partial charge in [-0.1, -0.05) is 13.3 Å². The highest BCUT2D eigenvalue weighted by molar-refractivity contribution is 5.88. The molecule has 0 aliphatic heterocycles. The van der Waals surface area contributed by atoms with Gasteiger partial charge in [0.05, 0.1) is 12.3 Å². The van der Waals surface area contributed by atoms with Gasteiger partial charge in [-0.3, -0.25) is 4.90 Å². The molecule has 0 bridgehead atoms. The van der Waals surface area contributed by atoms with Gasteiger partial charge in [-0.05, 0) is 25.5 Å². The van der Waals surface area contributed by atoms with Crippen molar-refractivity contribution in [3.63, 3.8) is 0 Å². The van der Waals surface area contributed by atoms with Gasteiger partial charge in [0.1, 0.15) is 0 Å². The van der Waals surface area contributed by atoms with Gasteiger partial charge in [-0.15, -0.1) is 0 Å². The third-order valence-electron chi connectivity index (χ3n) is 2.53. The van der Waals surface area contributed by atoms with Crippen molar-refractivity contribution in [2.24, 2.45) is 0 Å². The molecule has 0 aliphatic carbocycles. The lowest BCUT2D eigenvalue weighted by Crippen LogP contribution is -2.31. The number of phenols is 2. The first-order chi connectivity index (χ1) is 8.60. The largest absolute Gasteiger partial charge is 0.504 e. The summed E-state index contributed by atoms with van der Waals surface area (Å²) in [6.07, 6.45) is 1.33. The molecule has 0 unspecified atom stereocenters. The minimum absolute atomic E-state index is 0.214. The molecule has 5 nitrogen and oxygen atoms in total. The van der Waals surface area contributed by atoms with Crippen LogP contribution in [0.1, 0.15) is 26.7 Å². The van der Waals surface area contributed by atoms with E-state index in [0.717, 1.165) is 12.8 Å². The Morgan fingerprint density at radius 2 is 2.00 bits per heavy atom. The van der Waals surface area contributed by atoms with Crippen LogP contribution in [-0.4, -0.2) is 29.5 Å². The summed E-state index contributed by atoms with van der Waals surface area (Å²) in [5.74, 6) is -0.471. The number of nitrogens with zero attached hydrogens (tertiary/aromatic N) is 1. The summed E-state index contributed by atoms with van der Waals surface area (Å²) < 4.78 is 5.10. The molecule has 1 aromatic carbocycles. The highest BCUT2D eigenvalue weighted by Crippen LogP contribution is 2.29. The van der Waals surface area contributed by atoms with Crippen LogP contribution in [-0.2, 0) is 4.74 Å². The average Bonchev–Trinajstić information content (AvgIpc) is 2.35. The van der Waals surface area contributed by atoms with Crippen LogP contribution < -0.4 is 4.90 Å². The number of unbranched alkanes of at least 4 members (excludes halogenated alkanes) is 1. The van der Waals surface area contributed by atoms with Gasteiger partial charge in [0, 0.05) is 12.6 Å². The molecule has 5 heteroatoms. The van der Waals surface area contributed by atoms with E-state index in [1.54, 1.807) is 6.07 Å². The van der Waals surface area contributed by atoms with Crippen molar-refractivity contribution in [1.82, 2.24) is 0 Å². The molecule has 0 heterocycles. The Bertz CT molecular complexity index is 406. The third-order valence-corrected chi connectivity index (χ3v) is 2.53. The van der Waals surface area contributed by atoms with E-state index in [2.05, 4.69) is 0 Å². The summed E-state index contributed by atoms with van der Waals surface area (Å²) in [7, 11) is 0. The molecule has 2 N–H and O–H groups in total. The summed E-state index contributed by atoms with van der Waals surface area (Å²) in [6, 6.07) is 4.23. The SMILES string of the molecule is CCCCOC(=O)N(CC)c1ccc(O)c(O)c1. The Kier molecular flexibility index (Phi) is 5.30. The van der Waals surface area contributed by atoms with Crippen LogP contribution in [0.4, 0.5) is 10.5 Å². The molecule has 0 fully saturated rings. The maximum absolute atomic E-state index is 11.8. The Balaban J connectivity index is 2.75. The second-order valence-corrected chi connectivity index (χ2v) is 3.89. The first-order valence-electron chi connectivity index (χ1n) is 6.06. The first-order valence-corrected chi connectivity index (χ1v) is 6.06. The van der Waals surface area contributed by atoms with Gasteiger partial charge < -0.3 is 14.9 Å². The number of phenolic OH excluding ortho intramolecular Hbond substituents is 2. The zero-order valence-corrected chi connectivity index (χ0v) is 10.7. The summed E-state index contributed by atoms with van der Waals surface area (Å²) >= 11 is 0. The Morgan fingerprint density at radius 3 is 2.56 bits per heavy atom. The maximum atomic E-state index is 11.8. The number of carbonyl (C=O) groups excluding carboxylic acids is 1. The van der Waals surface area contributed by atoms with Crippen molar-refractivity contribution in [3.8, 4) is 11.5 Å². The van der Waals surface area contributed by atoms with Gasteiger partial charge in [0.25, 0.3) is 0 Å².